The van der Waals surface area contributed by atoms with E-state index in [2.05, 4.69) is 43.0 Å². The van der Waals surface area contributed by atoms with Gasteiger partial charge in [-0.25, -0.2) is 18.4 Å². The van der Waals surface area contributed by atoms with Crippen LogP contribution in [0.1, 0.15) is 40.7 Å². The molecule has 7 heteroatoms. The molecular formula is C27H32N4O2S. The molecule has 0 bridgehead atoms. The average molecular weight is 477 g/mol. The molecule has 0 amide bonds. The van der Waals surface area contributed by atoms with Crippen molar-refractivity contribution in [3.8, 4) is 0 Å². The number of sulfonamides is 1. The molecule has 3 aromatic rings. The maximum absolute atomic E-state index is 12.9. The Labute approximate surface area is 203 Å². The zero-order valence-electron chi connectivity index (χ0n) is 20.1. The number of aromatic nitrogens is 2. The monoisotopic (exact) mass is 476 g/mol. The van der Waals surface area contributed by atoms with Crippen LogP contribution in [0, 0.1) is 13.8 Å². The molecule has 0 aliphatic carbocycles. The summed E-state index contributed by atoms with van der Waals surface area (Å²) in [5, 5.41) is 1.31. The van der Waals surface area contributed by atoms with E-state index in [-0.39, 0.29) is 0 Å². The van der Waals surface area contributed by atoms with Gasteiger partial charge < -0.3 is 4.90 Å². The smallest absolute Gasteiger partial charge is 0.236 e. The van der Waals surface area contributed by atoms with Crippen molar-refractivity contribution in [1.82, 2.24) is 14.3 Å². The molecule has 0 spiro atoms. The number of hydrogen-bond donors (Lipinski definition) is 0. The van der Waals surface area contributed by atoms with E-state index in [9.17, 15) is 8.42 Å². The van der Waals surface area contributed by atoms with Crippen molar-refractivity contribution < 1.29 is 8.42 Å². The zero-order valence-corrected chi connectivity index (χ0v) is 20.9. The second-order valence-electron chi connectivity index (χ2n) is 8.68. The Morgan fingerprint density at radius 1 is 0.912 bits per heavy atom. The summed E-state index contributed by atoms with van der Waals surface area (Å²) in [6.07, 6.45) is 3.25. The molecule has 4 rings (SSSR count). The van der Waals surface area contributed by atoms with Gasteiger partial charge in [-0.3, -0.25) is 0 Å². The van der Waals surface area contributed by atoms with Crippen LogP contribution in [0.15, 0.2) is 60.0 Å². The Bertz CT molecular complexity index is 1250. The molecule has 2 aromatic carbocycles. The van der Waals surface area contributed by atoms with Crippen molar-refractivity contribution >= 4 is 21.9 Å². The molecule has 0 N–H and O–H groups in total. The number of rotatable bonds is 7. The topological polar surface area (TPSA) is 66.4 Å². The molecule has 0 saturated carbocycles. The molecule has 34 heavy (non-hydrogen) atoms. The summed E-state index contributed by atoms with van der Waals surface area (Å²) in [7, 11) is -3.48. The highest BCUT2D eigenvalue weighted by atomic mass is 32.2. The van der Waals surface area contributed by atoms with Gasteiger partial charge in [-0.1, -0.05) is 67.1 Å². The third-order valence-corrected chi connectivity index (χ3v) is 7.71. The summed E-state index contributed by atoms with van der Waals surface area (Å²) in [5.74, 6) is 1.68. The maximum atomic E-state index is 12.9. The van der Waals surface area contributed by atoms with Crippen LogP contribution in [0.2, 0.25) is 0 Å². The van der Waals surface area contributed by atoms with Crippen LogP contribution in [0.3, 0.4) is 0 Å². The first-order valence-corrected chi connectivity index (χ1v) is 13.3. The Morgan fingerprint density at radius 2 is 1.59 bits per heavy atom. The van der Waals surface area contributed by atoms with Crippen LogP contribution in [-0.2, 0) is 22.9 Å². The van der Waals surface area contributed by atoms with Gasteiger partial charge in [-0.2, -0.15) is 4.31 Å². The summed E-state index contributed by atoms with van der Waals surface area (Å²) in [4.78, 5) is 11.7. The number of aryl methyl sites for hydroxylation is 3. The van der Waals surface area contributed by atoms with Crippen molar-refractivity contribution in [2.75, 3.05) is 31.1 Å². The molecule has 2 heterocycles. The van der Waals surface area contributed by atoms with Crippen molar-refractivity contribution in [1.29, 1.82) is 0 Å². The minimum absolute atomic E-state index is 0.427. The quantitative estimate of drug-likeness (QED) is 0.507. The molecule has 1 fully saturated rings. The van der Waals surface area contributed by atoms with Gasteiger partial charge in [0.25, 0.3) is 0 Å². The van der Waals surface area contributed by atoms with E-state index in [1.807, 2.05) is 37.3 Å². The zero-order chi connectivity index (χ0) is 24.1. The Balaban J connectivity index is 1.53. The first-order chi connectivity index (χ1) is 16.4. The lowest BCUT2D eigenvalue weighted by Gasteiger charge is -2.35. The summed E-state index contributed by atoms with van der Waals surface area (Å²) in [5.41, 5.74) is 5.52. The van der Waals surface area contributed by atoms with Crippen LogP contribution in [0.5, 0.6) is 0 Å². The number of nitrogens with zero attached hydrogens (tertiary/aromatic N) is 4. The molecule has 6 nitrogen and oxygen atoms in total. The van der Waals surface area contributed by atoms with Crippen molar-refractivity contribution in [2.24, 2.45) is 0 Å². The Kier molecular flexibility index (Phi) is 7.44. The summed E-state index contributed by atoms with van der Waals surface area (Å²) in [6, 6.07) is 18.1. The van der Waals surface area contributed by atoms with E-state index >= 15 is 0 Å². The lowest BCUT2D eigenvalue weighted by Crippen LogP contribution is -2.48. The van der Waals surface area contributed by atoms with Gasteiger partial charge >= 0.3 is 0 Å². The van der Waals surface area contributed by atoms with Gasteiger partial charge in [0.1, 0.15) is 11.6 Å². The third-order valence-electron chi connectivity index (χ3n) is 6.15. The van der Waals surface area contributed by atoms with Crippen molar-refractivity contribution in [3.05, 3.63) is 93.8 Å². The summed E-state index contributed by atoms with van der Waals surface area (Å²) in [6.45, 7) is 8.18. The van der Waals surface area contributed by atoms with Crippen molar-refractivity contribution in [3.63, 3.8) is 0 Å². The van der Waals surface area contributed by atoms with Gasteiger partial charge in [0, 0.05) is 49.3 Å². The number of anilines is 1. The highest BCUT2D eigenvalue weighted by Crippen LogP contribution is 2.26. The van der Waals surface area contributed by atoms with Gasteiger partial charge in [0.05, 0.1) is 0 Å². The minimum atomic E-state index is -3.48. The fourth-order valence-electron chi connectivity index (χ4n) is 4.25. The third kappa shape index (κ3) is 5.72. The van der Waals surface area contributed by atoms with E-state index in [4.69, 9.17) is 9.97 Å². The number of piperazine rings is 1. The van der Waals surface area contributed by atoms with E-state index in [1.165, 1.54) is 16.5 Å². The Hall–Kier alpha value is -3.03. The highest BCUT2D eigenvalue weighted by Gasteiger charge is 2.27. The minimum Gasteiger partial charge on any atom is -0.354 e. The largest absolute Gasteiger partial charge is 0.354 e. The second kappa shape index (κ2) is 10.5. The maximum Gasteiger partial charge on any atom is 0.236 e. The number of benzene rings is 2. The van der Waals surface area contributed by atoms with Gasteiger partial charge in [0.2, 0.25) is 10.0 Å². The van der Waals surface area contributed by atoms with Crippen LogP contribution in [0.25, 0.3) is 6.08 Å². The van der Waals surface area contributed by atoms with Gasteiger partial charge in [0.15, 0.2) is 0 Å². The molecule has 0 radical (unpaired) electrons. The lowest BCUT2D eigenvalue weighted by atomic mass is 10.0. The first-order valence-electron chi connectivity index (χ1n) is 11.8. The van der Waals surface area contributed by atoms with Gasteiger partial charge in [-0.15, -0.1) is 0 Å². The molecule has 1 aromatic heterocycles. The average Bonchev–Trinajstić information content (AvgIpc) is 2.85. The lowest BCUT2D eigenvalue weighted by molar-refractivity contribution is 0.388. The molecular weight excluding hydrogens is 444 g/mol. The van der Waals surface area contributed by atoms with Crippen LogP contribution in [0.4, 0.5) is 5.82 Å². The molecule has 178 valence electrons. The molecule has 1 aliphatic heterocycles. The van der Waals surface area contributed by atoms with E-state index in [0.29, 0.717) is 26.2 Å². The summed E-state index contributed by atoms with van der Waals surface area (Å²) >= 11 is 0. The normalized spacial score (nSPS) is 15.2. The van der Waals surface area contributed by atoms with Crippen LogP contribution >= 0.6 is 0 Å². The fraction of sp³-hybridized carbons (Fsp3) is 0.333. The SMILES string of the molecule is CCc1nc(C)nc(N2CCN(S(=O)(=O)/C=C/c3ccccc3)CC2)c1Cc1ccc(C)cc1. The van der Waals surface area contributed by atoms with E-state index in [0.717, 1.165) is 41.3 Å². The van der Waals surface area contributed by atoms with Crippen molar-refractivity contribution in [2.45, 2.75) is 33.6 Å². The highest BCUT2D eigenvalue weighted by molar-refractivity contribution is 7.92. The fourth-order valence-corrected chi connectivity index (χ4v) is 5.43. The predicted octanol–water partition coefficient (Wildman–Crippen LogP) is 4.37. The Morgan fingerprint density at radius 3 is 2.24 bits per heavy atom. The van der Waals surface area contributed by atoms with Gasteiger partial charge in [-0.05, 0) is 37.5 Å². The molecule has 0 atom stereocenters. The first kappa shape index (κ1) is 24.1. The predicted molar refractivity (Wildman–Crippen MR) is 138 cm³/mol. The molecule has 1 aliphatic rings. The standard InChI is InChI=1S/C27H32N4O2S/c1-4-26-25(20-24-12-10-21(2)11-13-24)27(29-22(3)28-26)30-15-17-31(18-16-30)34(32,33)19-14-23-8-6-5-7-9-23/h5-14,19H,4,15-18,20H2,1-3H3/b19-14+. The summed E-state index contributed by atoms with van der Waals surface area (Å²) < 4.78 is 27.3. The molecule has 1 saturated heterocycles. The number of hydrogen-bond acceptors (Lipinski definition) is 5. The molecule has 0 unspecified atom stereocenters. The second-order valence-corrected chi connectivity index (χ2v) is 10.5. The van der Waals surface area contributed by atoms with E-state index in [1.54, 1.807) is 10.4 Å². The van der Waals surface area contributed by atoms with Crippen LogP contribution in [-0.4, -0.2) is 48.9 Å². The van der Waals surface area contributed by atoms with Crippen LogP contribution < -0.4 is 4.90 Å². The van der Waals surface area contributed by atoms with E-state index < -0.39 is 10.0 Å².